The Hall–Kier alpha value is -1.30. The monoisotopic (exact) mass is 412 g/mol. The van der Waals surface area contributed by atoms with E-state index in [9.17, 15) is 0 Å². The van der Waals surface area contributed by atoms with Crippen LogP contribution in [0.4, 0.5) is 0 Å². The molecular weight excluding hydrogens is 360 g/mol. The summed E-state index contributed by atoms with van der Waals surface area (Å²) in [6.45, 7) is 20.5. The van der Waals surface area contributed by atoms with Gasteiger partial charge in [0.1, 0.15) is 0 Å². The van der Waals surface area contributed by atoms with Crippen LogP contribution in [0.1, 0.15) is 127 Å². The highest BCUT2D eigenvalue weighted by Gasteiger charge is 2.09. The minimum absolute atomic E-state index is 0.442. The molecule has 0 aromatic rings. The quantitative estimate of drug-likeness (QED) is 0.196. The SMILES string of the molecule is CC(C)=CCC/C(C)=C/CC/C(C)=C/CC/C=C(\C)CC/C=C(\C)CCC(C)(C)C. The Morgan fingerprint density at radius 1 is 0.467 bits per heavy atom. The Morgan fingerprint density at radius 2 is 0.800 bits per heavy atom. The van der Waals surface area contributed by atoms with E-state index >= 15 is 0 Å². The maximum absolute atomic E-state index is 2.45. The molecule has 0 aromatic carbocycles. The highest BCUT2D eigenvalue weighted by molar-refractivity contribution is 5.07. The lowest BCUT2D eigenvalue weighted by Crippen LogP contribution is -2.04. The molecule has 0 heteroatoms. The van der Waals surface area contributed by atoms with Crippen LogP contribution in [0, 0.1) is 5.41 Å². The van der Waals surface area contributed by atoms with Crippen LogP contribution in [0.2, 0.25) is 0 Å². The number of hydrogen-bond acceptors (Lipinski definition) is 0. The standard InChI is InChI=1S/C30H52/c1-25(2)15-12-18-28(5)21-13-19-26(3)16-10-11-17-27(4)20-14-22-29(6)23-24-30(7,8)9/h15-17,21-22H,10-14,18-20,23-24H2,1-9H3/b26-16+,27-17+,28-21+,29-22+. The Bertz CT molecular complexity index is 607. The Labute approximate surface area is 190 Å². The molecule has 0 N–H and O–H groups in total. The molecule has 0 unspecified atom stereocenters. The van der Waals surface area contributed by atoms with Crippen LogP contribution in [0.3, 0.4) is 0 Å². The summed E-state index contributed by atoms with van der Waals surface area (Å²) >= 11 is 0. The molecule has 0 aliphatic carbocycles. The van der Waals surface area contributed by atoms with Crippen molar-refractivity contribution in [3.63, 3.8) is 0 Å². The van der Waals surface area contributed by atoms with Crippen LogP contribution in [0.15, 0.2) is 58.2 Å². The molecule has 0 heterocycles. The third-order valence-corrected chi connectivity index (χ3v) is 5.58. The first-order valence-electron chi connectivity index (χ1n) is 12.3. The second-order valence-electron chi connectivity index (χ2n) is 10.7. The van der Waals surface area contributed by atoms with Crippen molar-refractivity contribution >= 4 is 0 Å². The van der Waals surface area contributed by atoms with Crippen LogP contribution in [-0.4, -0.2) is 0 Å². The topological polar surface area (TPSA) is 0 Å². The third kappa shape index (κ3) is 20.0. The van der Waals surface area contributed by atoms with Gasteiger partial charge in [0.25, 0.3) is 0 Å². The molecule has 0 bridgehead atoms. The van der Waals surface area contributed by atoms with E-state index in [0.717, 1.165) is 0 Å². The summed E-state index contributed by atoms with van der Waals surface area (Å²) in [6, 6.07) is 0. The minimum atomic E-state index is 0.442. The van der Waals surface area contributed by atoms with Gasteiger partial charge in [-0.05, 0) is 111 Å². The predicted octanol–water partition coefficient (Wildman–Crippen LogP) is 10.7. The zero-order chi connectivity index (χ0) is 23.0. The van der Waals surface area contributed by atoms with Gasteiger partial charge in [0.05, 0.1) is 0 Å². The zero-order valence-corrected chi connectivity index (χ0v) is 22.0. The molecule has 0 rings (SSSR count). The van der Waals surface area contributed by atoms with Crippen molar-refractivity contribution in [2.45, 2.75) is 127 Å². The van der Waals surface area contributed by atoms with Crippen LogP contribution < -0.4 is 0 Å². The van der Waals surface area contributed by atoms with Gasteiger partial charge in [0, 0.05) is 0 Å². The number of unbranched alkanes of at least 4 members (excludes halogenated alkanes) is 1. The zero-order valence-electron chi connectivity index (χ0n) is 22.0. The first kappa shape index (κ1) is 28.7. The largest absolute Gasteiger partial charge is 0.0856 e. The summed E-state index contributed by atoms with van der Waals surface area (Å²) < 4.78 is 0. The van der Waals surface area contributed by atoms with Gasteiger partial charge in [0.15, 0.2) is 0 Å². The number of allylic oxidation sites excluding steroid dienone is 10. The van der Waals surface area contributed by atoms with E-state index in [4.69, 9.17) is 0 Å². The maximum Gasteiger partial charge on any atom is -0.0288 e. The highest BCUT2D eigenvalue weighted by Crippen LogP contribution is 2.23. The van der Waals surface area contributed by atoms with E-state index < -0.39 is 0 Å². The van der Waals surface area contributed by atoms with Crippen LogP contribution in [-0.2, 0) is 0 Å². The Morgan fingerprint density at radius 3 is 1.17 bits per heavy atom. The summed E-state index contributed by atoms with van der Waals surface area (Å²) in [5.41, 5.74) is 8.02. The first-order chi connectivity index (χ1) is 14.0. The predicted molar refractivity (Wildman–Crippen MR) is 140 cm³/mol. The fourth-order valence-electron chi connectivity index (χ4n) is 3.32. The average Bonchev–Trinajstić information content (AvgIpc) is 2.62. The van der Waals surface area contributed by atoms with Crippen molar-refractivity contribution in [3.8, 4) is 0 Å². The molecule has 0 atom stereocenters. The van der Waals surface area contributed by atoms with Crippen molar-refractivity contribution in [1.82, 2.24) is 0 Å². The molecular formula is C30H52. The van der Waals surface area contributed by atoms with E-state index in [1.807, 2.05) is 0 Å². The lowest BCUT2D eigenvalue weighted by Gasteiger charge is -2.17. The van der Waals surface area contributed by atoms with Crippen molar-refractivity contribution in [2.75, 3.05) is 0 Å². The van der Waals surface area contributed by atoms with Crippen molar-refractivity contribution in [3.05, 3.63) is 58.2 Å². The van der Waals surface area contributed by atoms with Gasteiger partial charge in [-0.2, -0.15) is 0 Å². The lowest BCUT2D eigenvalue weighted by atomic mass is 9.88. The fourth-order valence-corrected chi connectivity index (χ4v) is 3.32. The first-order valence-corrected chi connectivity index (χ1v) is 12.3. The van der Waals surface area contributed by atoms with Gasteiger partial charge in [-0.3, -0.25) is 0 Å². The second kappa shape index (κ2) is 16.4. The molecule has 0 aliphatic heterocycles. The number of hydrogen-bond donors (Lipinski definition) is 0. The molecule has 30 heavy (non-hydrogen) atoms. The van der Waals surface area contributed by atoms with Crippen molar-refractivity contribution in [2.24, 2.45) is 5.41 Å². The Balaban J connectivity index is 4.07. The summed E-state index contributed by atoms with van der Waals surface area (Å²) in [5, 5.41) is 0. The van der Waals surface area contributed by atoms with Gasteiger partial charge < -0.3 is 0 Å². The lowest BCUT2D eigenvalue weighted by molar-refractivity contribution is 0.377. The molecule has 0 aliphatic rings. The smallest absolute Gasteiger partial charge is 0.0288 e. The summed E-state index contributed by atoms with van der Waals surface area (Å²) in [4.78, 5) is 0. The van der Waals surface area contributed by atoms with Crippen LogP contribution in [0.5, 0.6) is 0 Å². The molecule has 0 saturated heterocycles. The molecule has 172 valence electrons. The second-order valence-corrected chi connectivity index (χ2v) is 10.7. The fraction of sp³-hybridized carbons (Fsp3) is 0.667. The normalized spacial score (nSPS) is 14.3. The van der Waals surface area contributed by atoms with E-state index in [0.29, 0.717) is 5.41 Å². The number of rotatable bonds is 14. The third-order valence-electron chi connectivity index (χ3n) is 5.58. The van der Waals surface area contributed by atoms with E-state index in [-0.39, 0.29) is 0 Å². The molecule has 0 aromatic heterocycles. The molecule has 0 radical (unpaired) electrons. The molecule has 0 nitrogen and oxygen atoms in total. The van der Waals surface area contributed by atoms with Gasteiger partial charge in [-0.25, -0.2) is 0 Å². The van der Waals surface area contributed by atoms with Gasteiger partial charge in [-0.15, -0.1) is 0 Å². The van der Waals surface area contributed by atoms with Gasteiger partial charge in [-0.1, -0.05) is 79.0 Å². The summed E-state index contributed by atoms with van der Waals surface area (Å²) in [7, 11) is 0. The van der Waals surface area contributed by atoms with Crippen molar-refractivity contribution < 1.29 is 0 Å². The van der Waals surface area contributed by atoms with Gasteiger partial charge in [0.2, 0.25) is 0 Å². The van der Waals surface area contributed by atoms with E-state index in [1.165, 1.54) is 86.5 Å². The summed E-state index contributed by atoms with van der Waals surface area (Å²) in [5.74, 6) is 0. The highest BCUT2D eigenvalue weighted by atomic mass is 14.1. The van der Waals surface area contributed by atoms with Crippen LogP contribution >= 0.6 is 0 Å². The van der Waals surface area contributed by atoms with E-state index in [2.05, 4.69) is 92.7 Å². The van der Waals surface area contributed by atoms with Crippen LogP contribution in [0.25, 0.3) is 0 Å². The van der Waals surface area contributed by atoms with E-state index in [1.54, 1.807) is 5.57 Å². The molecule has 0 spiro atoms. The average molecular weight is 413 g/mol. The minimum Gasteiger partial charge on any atom is -0.0856 e. The summed E-state index contributed by atoms with van der Waals surface area (Å²) in [6.07, 6.45) is 24.1. The molecule has 0 amide bonds. The van der Waals surface area contributed by atoms with Crippen molar-refractivity contribution in [1.29, 1.82) is 0 Å². The van der Waals surface area contributed by atoms with Gasteiger partial charge >= 0.3 is 0 Å². The molecule has 0 saturated carbocycles. The maximum atomic E-state index is 2.45. The molecule has 0 fully saturated rings. The Kier molecular flexibility index (Phi) is 15.7.